The van der Waals surface area contributed by atoms with Gasteiger partial charge in [0.05, 0.1) is 6.10 Å². The molecule has 2 unspecified atom stereocenters. The van der Waals surface area contributed by atoms with E-state index in [2.05, 4.69) is 0 Å². The van der Waals surface area contributed by atoms with E-state index in [0.717, 1.165) is 5.56 Å². The fraction of sp³-hybridized carbons (Fsp3) is 0.250. The SMILES string of the molecule is Cc1cc(F)ccc1C(O)C(CN)c1ccc(Cl)cc1Cl. The van der Waals surface area contributed by atoms with Crippen molar-refractivity contribution >= 4 is 23.2 Å². The van der Waals surface area contributed by atoms with E-state index in [1.54, 1.807) is 31.2 Å². The van der Waals surface area contributed by atoms with E-state index in [9.17, 15) is 9.50 Å². The smallest absolute Gasteiger partial charge is 0.123 e. The van der Waals surface area contributed by atoms with Crippen molar-refractivity contribution in [2.45, 2.75) is 18.9 Å². The van der Waals surface area contributed by atoms with Gasteiger partial charge in [0.25, 0.3) is 0 Å². The summed E-state index contributed by atoms with van der Waals surface area (Å²) >= 11 is 12.1. The minimum atomic E-state index is -0.866. The fourth-order valence-electron chi connectivity index (χ4n) is 2.42. The number of rotatable bonds is 4. The van der Waals surface area contributed by atoms with Crippen LogP contribution in [0.3, 0.4) is 0 Å². The van der Waals surface area contributed by atoms with Gasteiger partial charge < -0.3 is 10.8 Å². The number of aliphatic hydroxyl groups excluding tert-OH is 1. The van der Waals surface area contributed by atoms with Crippen molar-refractivity contribution in [3.05, 3.63) is 69.0 Å². The van der Waals surface area contributed by atoms with Gasteiger partial charge in [0.1, 0.15) is 5.82 Å². The lowest BCUT2D eigenvalue weighted by Crippen LogP contribution is -2.21. The Balaban J connectivity index is 2.40. The molecule has 0 bridgehead atoms. The molecule has 0 aliphatic carbocycles. The maximum atomic E-state index is 13.2. The molecule has 2 aromatic carbocycles. The average Bonchev–Trinajstić information content (AvgIpc) is 2.41. The Kier molecular flexibility index (Phi) is 5.22. The number of benzene rings is 2. The van der Waals surface area contributed by atoms with Crippen LogP contribution < -0.4 is 5.73 Å². The second-order valence-electron chi connectivity index (χ2n) is 4.95. The number of hydrogen-bond acceptors (Lipinski definition) is 2. The van der Waals surface area contributed by atoms with Gasteiger partial charge in [-0.15, -0.1) is 0 Å². The van der Waals surface area contributed by atoms with Gasteiger partial charge in [-0.2, -0.15) is 0 Å². The highest BCUT2D eigenvalue weighted by molar-refractivity contribution is 6.35. The van der Waals surface area contributed by atoms with Crippen LogP contribution in [0.15, 0.2) is 36.4 Å². The fourth-order valence-corrected chi connectivity index (χ4v) is 2.96. The maximum absolute atomic E-state index is 13.2. The lowest BCUT2D eigenvalue weighted by atomic mass is 9.87. The molecule has 0 saturated carbocycles. The third kappa shape index (κ3) is 3.55. The first-order valence-electron chi connectivity index (χ1n) is 6.53. The van der Waals surface area contributed by atoms with Gasteiger partial charge in [-0.25, -0.2) is 4.39 Å². The predicted octanol–water partition coefficient (Wildman–Crippen LogP) is 4.22. The molecule has 2 rings (SSSR count). The number of nitrogens with two attached hydrogens (primary N) is 1. The molecule has 0 fully saturated rings. The first-order valence-corrected chi connectivity index (χ1v) is 7.28. The summed E-state index contributed by atoms with van der Waals surface area (Å²) in [4.78, 5) is 0. The lowest BCUT2D eigenvalue weighted by Gasteiger charge is -2.24. The second-order valence-corrected chi connectivity index (χ2v) is 5.80. The molecule has 0 radical (unpaired) electrons. The molecule has 0 heterocycles. The number of aryl methyl sites for hydroxylation is 1. The predicted molar refractivity (Wildman–Crippen MR) is 84.4 cm³/mol. The Labute approximate surface area is 133 Å². The van der Waals surface area contributed by atoms with Gasteiger partial charge in [-0.3, -0.25) is 0 Å². The first kappa shape index (κ1) is 16.2. The van der Waals surface area contributed by atoms with E-state index in [4.69, 9.17) is 28.9 Å². The number of halogens is 3. The summed E-state index contributed by atoms with van der Waals surface area (Å²) in [6.45, 7) is 1.96. The zero-order valence-electron chi connectivity index (χ0n) is 11.5. The van der Waals surface area contributed by atoms with Crippen LogP contribution in [0.2, 0.25) is 10.0 Å². The average molecular weight is 328 g/mol. The van der Waals surface area contributed by atoms with Crippen molar-refractivity contribution in [2.75, 3.05) is 6.54 Å². The number of hydrogen-bond donors (Lipinski definition) is 2. The molecule has 5 heteroatoms. The van der Waals surface area contributed by atoms with Gasteiger partial charge >= 0.3 is 0 Å². The van der Waals surface area contributed by atoms with Crippen molar-refractivity contribution in [1.82, 2.24) is 0 Å². The summed E-state index contributed by atoms with van der Waals surface area (Å²) in [5, 5.41) is 11.6. The molecule has 2 nitrogen and oxygen atoms in total. The van der Waals surface area contributed by atoms with E-state index in [1.165, 1.54) is 12.1 Å². The minimum Gasteiger partial charge on any atom is -0.388 e. The largest absolute Gasteiger partial charge is 0.388 e. The van der Waals surface area contributed by atoms with Crippen LogP contribution >= 0.6 is 23.2 Å². The highest BCUT2D eigenvalue weighted by atomic mass is 35.5. The number of aliphatic hydroxyl groups is 1. The maximum Gasteiger partial charge on any atom is 0.123 e. The molecule has 0 spiro atoms. The van der Waals surface area contributed by atoms with E-state index in [0.29, 0.717) is 21.2 Å². The normalized spacial score (nSPS) is 14.0. The Hall–Kier alpha value is -1.13. The minimum absolute atomic E-state index is 0.208. The van der Waals surface area contributed by atoms with Crippen LogP contribution in [0, 0.1) is 12.7 Å². The van der Waals surface area contributed by atoms with Crippen LogP contribution in [-0.2, 0) is 0 Å². The first-order chi connectivity index (χ1) is 9.93. The van der Waals surface area contributed by atoms with Crippen molar-refractivity contribution < 1.29 is 9.50 Å². The summed E-state index contributed by atoms with van der Waals surface area (Å²) in [6, 6.07) is 9.35. The molecule has 112 valence electrons. The molecule has 0 aromatic heterocycles. The molecular formula is C16H16Cl2FNO. The summed E-state index contributed by atoms with van der Waals surface area (Å²) in [7, 11) is 0. The lowest BCUT2D eigenvalue weighted by molar-refractivity contribution is 0.146. The van der Waals surface area contributed by atoms with Crippen molar-refractivity contribution in [3.63, 3.8) is 0 Å². The topological polar surface area (TPSA) is 46.2 Å². The third-order valence-corrected chi connectivity index (χ3v) is 4.11. The standard InChI is InChI=1S/C16H16Cl2FNO/c1-9-6-11(19)3-5-12(9)16(21)14(8-20)13-4-2-10(17)7-15(13)18/h2-7,14,16,21H,8,20H2,1H3. The molecule has 0 saturated heterocycles. The Bertz CT molecular complexity index is 648. The summed E-state index contributed by atoms with van der Waals surface area (Å²) in [5.74, 6) is -0.726. The Morgan fingerprint density at radius 1 is 1.14 bits per heavy atom. The van der Waals surface area contributed by atoms with Gasteiger partial charge in [0, 0.05) is 22.5 Å². The third-order valence-electron chi connectivity index (χ3n) is 3.55. The second kappa shape index (κ2) is 6.75. The van der Waals surface area contributed by atoms with Crippen molar-refractivity contribution in [2.24, 2.45) is 5.73 Å². The quantitative estimate of drug-likeness (QED) is 0.883. The van der Waals surface area contributed by atoms with Gasteiger partial charge in [0.2, 0.25) is 0 Å². The molecule has 2 atom stereocenters. The zero-order chi connectivity index (χ0) is 15.6. The monoisotopic (exact) mass is 327 g/mol. The van der Waals surface area contributed by atoms with Gasteiger partial charge in [0.15, 0.2) is 0 Å². The van der Waals surface area contributed by atoms with Crippen LogP contribution in [0.1, 0.15) is 28.7 Å². The zero-order valence-corrected chi connectivity index (χ0v) is 13.0. The highest BCUT2D eigenvalue weighted by Gasteiger charge is 2.25. The molecule has 0 amide bonds. The van der Waals surface area contributed by atoms with Crippen molar-refractivity contribution in [1.29, 1.82) is 0 Å². The van der Waals surface area contributed by atoms with E-state index < -0.39 is 6.10 Å². The van der Waals surface area contributed by atoms with Crippen LogP contribution in [0.25, 0.3) is 0 Å². The molecule has 21 heavy (non-hydrogen) atoms. The molecule has 2 aromatic rings. The summed E-state index contributed by atoms with van der Waals surface area (Å²) in [6.07, 6.45) is -0.866. The molecule has 0 aliphatic heterocycles. The van der Waals surface area contributed by atoms with Gasteiger partial charge in [-0.05, 0) is 47.9 Å². The van der Waals surface area contributed by atoms with Crippen LogP contribution in [-0.4, -0.2) is 11.7 Å². The Morgan fingerprint density at radius 3 is 2.38 bits per heavy atom. The van der Waals surface area contributed by atoms with Gasteiger partial charge in [-0.1, -0.05) is 35.3 Å². The molecule has 0 aliphatic rings. The molecular weight excluding hydrogens is 312 g/mol. The van der Waals surface area contributed by atoms with Crippen LogP contribution in [0.4, 0.5) is 4.39 Å². The molecule has 3 N–H and O–H groups in total. The van der Waals surface area contributed by atoms with Crippen LogP contribution in [0.5, 0.6) is 0 Å². The van der Waals surface area contributed by atoms with Crippen molar-refractivity contribution in [3.8, 4) is 0 Å². The highest BCUT2D eigenvalue weighted by Crippen LogP contribution is 2.36. The summed E-state index contributed by atoms with van der Waals surface area (Å²) < 4.78 is 13.2. The van der Waals surface area contributed by atoms with E-state index in [-0.39, 0.29) is 18.3 Å². The van der Waals surface area contributed by atoms with E-state index in [1.807, 2.05) is 0 Å². The summed E-state index contributed by atoms with van der Waals surface area (Å²) in [5.41, 5.74) is 7.84. The van der Waals surface area contributed by atoms with E-state index >= 15 is 0 Å². The Morgan fingerprint density at radius 2 is 1.81 bits per heavy atom.